The van der Waals surface area contributed by atoms with Crippen molar-refractivity contribution in [3.05, 3.63) is 59.3 Å². The molecule has 1 amide bonds. The fraction of sp³-hybridized carbons (Fsp3) is 0.364. The highest BCUT2D eigenvalue weighted by Gasteiger charge is 2.33. The summed E-state index contributed by atoms with van der Waals surface area (Å²) in [4.78, 5) is 26.0. The van der Waals surface area contributed by atoms with Crippen molar-refractivity contribution < 1.29 is 13.7 Å². The second kappa shape index (κ2) is 8.22. The standard InChI is InChI=1S/C22H24FN5O2/c1-14-12-19(30-26-14)16-13-24-22(27(2)3)25-20(16)18-10-6-7-11-28(18)21(29)15-8-4-5-9-17(15)23/h4-5,8-9,12-13,18H,6-7,10-11H2,1-3H3/t18-/m1/s1. The number of hydrogen-bond donors (Lipinski definition) is 0. The minimum absolute atomic E-state index is 0.0725. The molecule has 7 nitrogen and oxygen atoms in total. The van der Waals surface area contributed by atoms with Crippen LogP contribution in [-0.2, 0) is 0 Å². The zero-order valence-electron chi connectivity index (χ0n) is 17.3. The van der Waals surface area contributed by atoms with Gasteiger partial charge in [0, 0.05) is 32.9 Å². The van der Waals surface area contributed by atoms with E-state index in [0.717, 1.165) is 25.0 Å². The molecule has 1 aliphatic rings. The van der Waals surface area contributed by atoms with Gasteiger partial charge in [0.1, 0.15) is 5.82 Å². The van der Waals surface area contributed by atoms with Crippen LogP contribution in [0, 0.1) is 12.7 Å². The molecular formula is C22H24FN5O2. The van der Waals surface area contributed by atoms with Crippen LogP contribution in [0.2, 0.25) is 0 Å². The maximum atomic E-state index is 14.3. The second-order valence-electron chi connectivity index (χ2n) is 7.69. The van der Waals surface area contributed by atoms with E-state index in [9.17, 15) is 9.18 Å². The van der Waals surface area contributed by atoms with Crippen LogP contribution >= 0.6 is 0 Å². The quantitative estimate of drug-likeness (QED) is 0.648. The minimum Gasteiger partial charge on any atom is -0.356 e. The van der Waals surface area contributed by atoms with Crippen LogP contribution in [-0.4, -0.2) is 46.6 Å². The highest BCUT2D eigenvalue weighted by Crippen LogP contribution is 2.37. The minimum atomic E-state index is -0.519. The Kier molecular flexibility index (Phi) is 5.48. The van der Waals surface area contributed by atoms with Crippen LogP contribution < -0.4 is 4.90 Å². The van der Waals surface area contributed by atoms with Gasteiger partial charge in [-0.3, -0.25) is 4.79 Å². The lowest BCUT2D eigenvalue weighted by molar-refractivity contribution is 0.0601. The molecule has 1 saturated heterocycles. The van der Waals surface area contributed by atoms with Crippen molar-refractivity contribution in [2.75, 3.05) is 25.5 Å². The van der Waals surface area contributed by atoms with E-state index in [0.29, 0.717) is 29.5 Å². The molecule has 1 fully saturated rings. The van der Waals surface area contributed by atoms with E-state index in [1.807, 2.05) is 32.0 Å². The number of aromatic nitrogens is 3. The number of rotatable bonds is 4. The molecule has 2 aromatic heterocycles. The number of likely N-dealkylation sites (tertiary alicyclic amines) is 1. The number of nitrogens with zero attached hydrogens (tertiary/aromatic N) is 5. The predicted octanol–water partition coefficient (Wildman–Crippen LogP) is 4.01. The summed E-state index contributed by atoms with van der Waals surface area (Å²) < 4.78 is 19.8. The summed E-state index contributed by atoms with van der Waals surface area (Å²) in [5.74, 6) is 0.239. The van der Waals surface area contributed by atoms with Gasteiger partial charge in [-0.2, -0.15) is 0 Å². The molecule has 1 aliphatic heterocycles. The third kappa shape index (κ3) is 3.77. The Hall–Kier alpha value is -3.29. The van der Waals surface area contributed by atoms with Crippen LogP contribution in [0.3, 0.4) is 0 Å². The first kappa shape index (κ1) is 20.0. The highest BCUT2D eigenvalue weighted by molar-refractivity contribution is 5.95. The summed E-state index contributed by atoms with van der Waals surface area (Å²) in [6, 6.07) is 7.60. The summed E-state index contributed by atoms with van der Waals surface area (Å²) in [7, 11) is 3.72. The lowest BCUT2D eigenvalue weighted by Crippen LogP contribution is -2.39. The van der Waals surface area contributed by atoms with Gasteiger partial charge in [0.05, 0.1) is 28.6 Å². The molecular weight excluding hydrogens is 385 g/mol. The van der Waals surface area contributed by atoms with Gasteiger partial charge in [-0.1, -0.05) is 17.3 Å². The maximum Gasteiger partial charge on any atom is 0.257 e. The zero-order chi connectivity index (χ0) is 21.3. The Balaban J connectivity index is 1.80. The SMILES string of the molecule is Cc1cc(-c2cnc(N(C)C)nc2[C@H]2CCCCN2C(=O)c2ccccc2F)on1. The summed E-state index contributed by atoms with van der Waals surface area (Å²) >= 11 is 0. The number of amides is 1. The van der Waals surface area contributed by atoms with Crippen molar-refractivity contribution in [2.45, 2.75) is 32.2 Å². The van der Waals surface area contributed by atoms with Gasteiger partial charge in [0.15, 0.2) is 5.76 Å². The number of carbonyl (C=O) groups excluding carboxylic acids is 1. The number of anilines is 1. The normalized spacial score (nSPS) is 16.5. The van der Waals surface area contributed by atoms with Gasteiger partial charge in [-0.15, -0.1) is 0 Å². The molecule has 0 radical (unpaired) electrons. The third-order valence-electron chi connectivity index (χ3n) is 5.28. The van der Waals surface area contributed by atoms with Crippen molar-refractivity contribution in [2.24, 2.45) is 0 Å². The van der Waals surface area contributed by atoms with Gasteiger partial charge in [-0.25, -0.2) is 14.4 Å². The molecule has 1 aromatic carbocycles. The molecule has 0 saturated carbocycles. The molecule has 4 rings (SSSR count). The van der Waals surface area contributed by atoms with Crippen LogP contribution in [0.25, 0.3) is 11.3 Å². The van der Waals surface area contributed by atoms with Crippen LogP contribution in [0.5, 0.6) is 0 Å². The van der Waals surface area contributed by atoms with E-state index in [2.05, 4.69) is 10.1 Å². The van der Waals surface area contributed by atoms with E-state index >= 15 is 0 Å². The van der Waals surface area contributed by atoms with Crippen molar-refractivity contribution in [3.63, 3.8) is 0 Å². The molecule has 8 heteroatoms. The number of carbonyl (C=O) groups is 1. The Bertz CT molecular complexity index is 1070. The van der Waals surface area contributed by atoms with Gasteiger partial charge in [-0.05, 0) is 38.3 Å². The lowest BCUT2D eigenvalue weighted by atomic mass is 9.94. The first-order valence-electron chi connectivity index (χ1n) is 9.99. The van der Waals surface area contributed by atoms with Crippen molar-refractivity contribution in [3.8, 4) is 11.3 Å². The molecule has 0 spiro atoms. The van der Waals surface area contributed by atoms with Gasteiger partial charge in [0.2, 0.25) is 5.95 Å². The van der Waals surface area contributed by atoms with E-state index in [1.54, 1.807) is 23.2 Å². The van der Waals surface area contributed by atoms with E-state index < -0.39 is 5.82 Å². The average molecular weight is 409 g/mol. The first-order chi connectivity index (χ1) is 14.5. The summed E-state index contributed by atoms with van der Waals surface area (Å²) in [6.07, 6.45) is 4.24. The monoisotopic (exact) mass is 409 g/mol. The van der Waals surface area contributed by atoms with E-state index in [1.165, 1.54) is 12.1 Å². The molecule has 156 valence electrons. The molecule has 3 heterocycles. The topological polar surface area (TPSA) is 75.4 Å². The van der Waals surface area contributed by atoms with E-state index in [-0.39, 0.29) is 17.5 Å². The van der Waals surface area contributed by atoms with Crippen molar-refractivity contribution >= 4 is 11.9 Å². The Morgan fingerprint density at radius 1 is 1.27 bits per heavy atom. The van der Waals surface area contributed by atoms with Gasteiger partial charge in [0.25, 0.3) is 5.91 Å². The Morgan fingerprint density at radius 3 is 2.77 bits per heavy atom. The number of benzene rings is 1. The largest absolute Gasteiger partial charge is 0.356 e. The van der Waals surface area contributed by atoms with Gasteiger partial charge < -0.3 is 14.3 Å². The summed E-state index contributed by atoms with van der Waals surface area (Å²) in [6.45, 7) is 2.38. The molecule has 3 aromatic rings. The number of hydrogen-bond acceptors (Lipinski definition) is 6. The van der Waals surface area contributed by atoms with E-state index in [4.69, 9.17) is 9.51 Å². The highest BCUT2D eigenvalue weighted by atomic mass is 19.1. The third-order valence-corrected chi connectivity index (χ3v) is 5.28. The molecule has 30 heavy (non-hydrogen) atoms. The van der Waals surface area contributed by atoms with Crippen LogP contribution in [0.15, 0.2) is 41.1 Å². The predicted molar refractivity (Wildman–Crippen MR) is 111 cm³/mol. The smallest absolute Gasteiger partial charge is 0.257 e. The van der Waals surface area contributed by atoms with Crippen molar-refractivity contribution in [1.82, 2.24) is 20.0 Å². The molecule has 0 bridgehead atoms. The van der Waals surface area contributed by atoms with Crippen LogP contribution in [0.1, 0.15) is 47.1 Å². The Labute approximate surface area is 174 Å². The number of aryl methyl sites for hydroxylation is 1. The summed E-state index contributed by atoms with van der Waals surface area (Å²) in [5, 5.41) is 3.98. The second-order valence-corrected chi connectivity index (χ2v) is 7.69. The number of piperidine rings is 1. The van der Waals surface area contributed by atoms with Gasteiger partial charge >= 0.3 is 0 Å². The molecule has 0 unspecified atom stereocenters. The first-order valence-corrected chi connectivity index (χ1v) is 9.99. The average Bonchev–Trinajstić information content (AvgIpc) is 3.19. The maximum absolute atomic E-state index is 14.3. The fourth-order valence-corrected chi connectivity index (χ4v) is 3.78. The molecule has 1 atom stereocenters. The lowest BCUT2D eigenvalue weighted by Gasteiger charge is -2.36. The molecule has 0 N–H and O–H groups in total. The number of halogens is 1. The zero-order valence-corrected chi connectivity index (χ0v) is 17.3. The Morgan fingerprint density at radius 2 is 2.07 bits per heavy atom. The summed E-state index contributed by atoms with van der Waals surface area (Å²) in [5.41, 5.74) is 2.20. The van der Waals surface area contributed by atoms with Crippen molar-refractivity contribution in [1.29, 1.82) is 0 Å². The van der Waals surface area contributed by atoms with Crippen LogP contribution in [0.4, 0.5) is 10.3 Å². The fourth-order valence-electron chi connectivity index (χ4n) is 3.78. The molecule has 0 aliphatic carbocycles.